The first-order valence-electron chi connectivity index (χ1n) is 9.50. The van der Waals surface area contributed by atoms with Gasteiger partial charge >= 0.3 is 0 Å². The van der Waals surface area contributed by atoms with Crippen LogP contribution in [-0.2, 0) is 6.42 Å². The summed E-state index contributed by atoms with van der Waals surface area (Å²) in [6.45, 7) is 4.55. The van der Waals surface area contributed by atoms with Crippen molar-refractivity contribution in [1.82, 2.24) is 9.97 Å². The summed E-state index contributed by atoms with van der Waals surface area (Å²) in [5.41, 5.74) is 4.40. The second-order valence-electron chi connectivity index (χ2n) is 7.28. The lowest BCUT2D eigenvalue weighted by molar-refractivity contribution is 0.595. The SMILES string of the molecule is Cc1cc2c3c(ccc2c2cccc(Cl)c12)CCCC3C.c1cnccn1. The zero-order valence-electron chi connectivity index (χ0n) is 15.7. The van der Waals surface area contributed by atoms with E-state index in [9.17, 15) is 0 Å². The fraction of sp³-hybridized carbons (Fsp3) is 0.250. The van der Waals surface area contributed by atoms with Crippen LogP contribution in [-0.4, -0.2) is 9.97 Å². The van der Waals surface area contributed by atoms with Crippen LogP contribution in [0.5, 0.6) is 0 Å². The number of rotatable bonds is 0. The van der Waals surface area contributed by atoms with Gasteiger partial charge in [0.05, 0.1) is 0 Å². The number of fused-ring (bicyclic) bond motifs is 5. The largest absolute Gasteiger partial charge is 0.262 e. The number of nitrogens with zero attached hydrogens (tertiary/aromatic N) is 2. The second kappa shape index (κ2) is 7.66. The van der Waals surface area contributed by atoms with Crippen molar-refractivity contribution in [2.24, 2.45) is 0 Å². The summed E-state index contributed by atoms with van der Waals surface area (Å²) in [6.07, 6.45) is 10.4. The third-order valence-electron chi connectivity index (χ3n) is 5.49. The van der Waals surface area contributed by atoms with Gasteiger partial charge in [0.15, 0.2) is 0 Å². The van der Waals surface area contributed by atoms with Crippen LogP contribution in [0.25, 0.3) is 21.5 Å². The minimum absolute atomic E-state index is 0.661. The summed E-state index contributed by atoms with van der Waals surface area (Å²) < 4.78 is 0. The summed E-state index contributed by atoms with van der Waals surface area (Å²) in [6, 6.07) is 13.2. The maximum atomic E-state index is 6.43. The van der Waals surface area contributed by atoms with Crippen molar-refractivity contribution in [2.45, 2.75) is 39.0 Å². The Hall–Kier alpha value is -2.45. The molecule has 3 heteroatoms. The molecule has 4 aromatic rings. The molecule has 1 aliphatic rings. The summed E-state index contributed by atoms with van der Waals surface area (Å²) >= 11 is 6.43. The molecule has 0 saturated carbocycles. The first-order chi connectivity index (χ1) is 13.2. The van der Waals surface area contributed by atoms with Crippen LogP contribution in [0.15, 0.2) is 61.2 Å². The number of halogens is 1. The quantitative estimate of drug-likeness (QED) is 0.314. The van der Waals surface area contributed by atoms with Gasteiger partial charge in [-0.25, -0.2) is 0 Å². The molecule has 1 aliphatic carbocycles. The lowest BCUT2D eigenvalue weighted by Crippen LogP contribution is -2.07. The van der Waals surface area contributed by atoms with Crippen LogP contribution in [0, 0.1) is 6.92 Å². The van der Waals surface area contributed by atoms with E-state index in [4.69, 9.17) is 11.6 Å². The zero-order chi connectivity index (χ0) is 18.8. The maximum Gasteiger partial charge on any atom is 0.0487 e. The fourth-order valence-electron chi connectivity index (χ4n) is 4.31. The Morgan fingerprint density at radius 2 is 1.67 bits per heavy atom. The lowest BCUT2D eigenvalue weighted by atomic mass is 9.80. The molecule has 0 aliphatic heterocycles. The molecule has 0 bridgehead atoms. The Labute approximate surface area is 165 Å². The molecule has 27 heavy (non-hydrogen) atoms. The Bertz CT molecular complexity index is 1060. The highest BCUT2D eigenvalue weighted by atomic mass is 35.5. The summed E-state index contributed by atoms with van der Waals surface area (Å²) in [5, 5.41) is 6.14. The highest BCUT2D eigenvalue weighted by Gasteiger charge is 2.20. The molecular formula is C24H23ClN2. The third-order valence-corrected chi connectivity index (χ3v) is 5.81. The first-order valence-corrected chi connectivity index (χ1v) is 9.88. The maximum absolute atomic E-state index is 6.43. The van der Waals surface area contributed by atoms with Crippen molar-refractivity contribution in [3.63, 3.8) is 0 Å². The number of hydrogen-bond donors (Lipinski definition) is 0. The smallest absolute Gasteiger partial charge is 0.0487 e. The van der Waals surface area contributed by atoms with E-state index in [0.717, 1.165) is 5.02 Å². The highest BCUT2D eigenvalue weighted by Crippen LogP contribution is 2.41. The lowest BCUT2D eigenvalue weighted by Gasteiger charge is -2.25. The van der Waals surface area contributed by atoms with Crippen LogP contribution >= 0.6 is 11.6 Å². The van der Waals surface area contributed by atoms with Crippen molar-refractivity contribution in [2.75, 3.05) is 0 Å². The molecular weight excluding hydrogens is 352 g/mol. The minimum atomic E-state index is 0.661. The van der Waals surface area contributed by atoms with Crippen molar-refractivity contribution in [3.8, 4) is 0 Å². The van der Waals surface area contributed by atoms with Gasteiger partial charge < -0.3 is 0 Å². The van der Waals surface area contributed by atoms with E-state index in [2.05, 4.69) is 54.1 Å². The van der Waals surface area contributed by atoms with Crippen molar-refractivity contribution in [3.05, 3.63) is 82.9 Å². The summed E-state index contributed by atoms with van der Waals surface area (Å²) in [5.74, 6) is 0.661. The van der Waals surface area contributed by atoms with Gasteiger partial charge in [0.25, 0.3) is 0 Å². The molecule has 1 heterocycles. The fourth-order valence-corrected chi connectivity index (χ4v) is 4.63. The Kier molecular flexibility index (Phi) is 5.09. The number of hydrogen-bond acceptors (Lipinski definition) is 2. The van der Waals surface area contributed by atoms with Crippen LogP contribution in [0.1, 0.15) is 42.4 Å². The van der Waals surface area contributed by atoms with Crippen LogP contribution in [0.4, 0.5) is 0 Å². The molecule has 1 unspecified atom stereocenters. The van der Waals surface area contributed by atoms with Crippen molar-refractivity contribution in [1.29, 1.82) is 0 Å². The van der Waals surface area contributed by atoms with E-state index in [1.165, 1.54) is 46.4 Å². The summed E-state index contributed by atoms with van der Waals surface area (Å²) in [7, 11) is 0. The van der Waals surface area contributed by atoms with Crippen LogP contribution < -0.4 is 0 Å². The summed E-state index contributed by atoms with van der Waals surface area (Å²) in [4.78, 5) is 7.44. The van der Waals surface area contributed by atoms with Gasteiger partial charge in [0, 0.05) is 35.2 Å². The Morgan fingerprint density at radius 1 is 0.926 bits per heavy atom. The molecule has 0 saturated heterocycles. The minimum Gasteiger partial charge on any atom is -0.262 e. The molecule has 136 valence electrons. The van der Waals surface area contributed by atoms with Gasteiger partial charge in [-0.15, -0.1) is 0 Å². The molecule has 0 radical (unpaired) electrons. The predicted molar refractivity (Wildman–Crippen MR) is 115 cm³/mol. The molecule has 0 spiro atoms. The molecule has 3 aromatic carbocycles. The molecule has 0 fully saturated rings. The van der Waals surface area contributed by atoms with Crippen LogP contribution in [0.3, 0.4) is 0 Å². The van der Waals surface area contributed by atoms with E-state index in [1.54, 1.807) is 35.9 Å². The number of benzene rings is 3. The van der Waals surface area contributed by atoms with Gasteiger partial charge in [-0.2, -0.15) is 0 Å². The predicted octanol–water partition coefficient (Wildman–Crippen LogP) is 6.87. The first kappa shape index (κ1) is 17.9. The topological polar surface area (TPSA) is 25.8 Å². The molecule has 1 atom stereocenters. The third kappa shape index (κ3) is 3.42. The Morgan fingerprint density at radius 3 is 2.37 bits per heavy atom. The molecule has 0 amide bonds. The van der Waals surface area contributed by atoms with Gasteiger partial charge in [-0.3, -0.25) is 9.97 Å². The van der Waals surface area contributed by atoms with E-state index in [1.807, 2.05) is 6.07 Å². The standard InChI is InChI=1S/C20H19Cl.C4H4N2/c1-12-5-3-6-14-9-10-15-16-7-4-8-18(21)20(16)13(2)11-17(15)19(12)14;1-2-6-4-3-5-1/h4,7-12H,3,5-6H2,1-2H3;1-4H. The molecule has 5 rings (SSSR count). The highest BCUT2D eigenvalue weighted by molar-refractivity contribution is 6.37. The Balaban J connectivity index is 0.000000257. The normalized spacial score (nSPS) is 15.9. The van der Waals surface area contributed by atoms with E-state index in [-0.39, 0.29) is 0 Å². The number of aryl methyl sites for hydroxylation is 2. The zero-order valence-corrected chi connectivity index (χ0v) is 16.5. The van der Waals surface area contributed by atoms with Crippen LogP contribution in [0.2, 0.25) is 5.02 Å². The molecule has 2 nitrogen and oxygen atoms in total. The van der Waals surface area contributed by atoms with E-state index in [0.29, 0.717) is 5.92 Å². The van der Waals surface area contributed by atoms with Crippen molar-refractivity contribution < 1.29 is 0 Å². The van der Waals surface area contributed by atoms with Gasteiger partial charge in [-0.1, -0.05) is 48.9 Å². The monoisotopic (exact) mass is 374 g/mol. The van der Waals surface area contributed by atoms with Gasteiger partial charge in [0.2, 0.25) is 0 Å². The second-order valence-corrected chi connectivity index (χ2v) is 7.68. The van der Waals surface area contributed by atoms with Gasteiger partial charge in [-0.05, 0) is 71.0 Å². The van der Waals surface area contributed by atoms with E-state index < -0.39 is 0 Å². The average molecular weight is 375 g/mol. The van der Waals surface area contributed by atoms with E-state index >= 15 is 0 Å². The average Bonchev–Trinajstić information content (AvgIpc) is 2.70. The molecule has 0 N–H and O–H groups in total. The van der Waals surface area contributed by atoms with Crippen molar-refractivity contribution >= 4 is 33.1 Å². The molecule has 1 aromatic heterocycles. The number of aromatic nitrogens is 2. The van der Waals surface area contributed by atoms with Gasteiger partial charge in [0.1, 0.15) is 0 Å².